The number of hydrogen-bond acceptors (Lipinski definition) is 3. The minimum absolute atomic E-state index is 0. The zero-order valence-electron chi connectivity index (χ0n) is 14.2. The number of hydrogen-bond donors (Lipinski definition) is 1. The largest absolute Gasteiger partial charge is 0.340 e. The predicted molar refractivity (Wildman–Crippen MR) is 99.7 cm³/mol. The van der Waals surface area contributed by atoms with Crippen LogP contribution in [-0.2, 0) is 4.79 Å². The van der Waals surface area contributed by atoms with Crippen molar-refractivity contribution in [1.82, 2.24) is 15.1 Å². The Morgan fingerprint density at radius 3 is 2.22 bits per heavy atom. The van der Waals surface area contributed by atoms with E-state index in [4.69, 9.17) is 0 Å². The summed E-state index contributed by atoms with van der Waals surface area (Å²) in [5.41, 5.74) is 0. The lowest BCUT2D eigenvalue weighted by molar-refractivity contribution is -0.133. The molecular formula is C17H33Cl2N3O. The highest BCUT2D eigenvalue weighted by Gasteiger charge is 2.26. The summed E-state index contributed by atoms with van der Waals surface area (Å²) in [7, 11) is 0. The topological polar surface area (TPSA) is 35.6 Å². The Morgan fingerprint density at radius 2 is 1.61 bits per heavy atom. The van der Waals surface area contributed by atoms with Gasteiger partial charge < -0.3 is 10.2 Å². The summed E-state index contributed by atoms with van der Waals surface area (Å²) >= 11 is 0. The van der Waals surface area contributed by atoms with Gasteiger partial charge in [-0.2, -0.15) is 0 Å². The molecule has 1 amide bonds. The highest BCUT2D eigenvalue weighted by atomic mass is 35.5. The van der Waals surface area contributed by atoms with Crippen molar-refractivity contribution in [3.63, 3.8) is 0 Å². The van der Waals surface area contributed by atoms with E-state index in [-0.39, 0.29) is 24.8 Å². The van der Waals surface area contributed by atoms with Crippen LogP contribution in [0.2, 0.25) is 0 Å². The average molecular weight is 366 g/mol. The van der Waals surface area contributed by atoms with Gasteiger partial charge >= 0.3 is 0 Å². The van der Waals surface area contributed by atoms with Crippen molar-refractivity contribution in [2.24, 2.45) is 5.92 Å². The number of carbonyl (C=O) groups is 1. The Balaban J connectivity index is 0.00000132. The van der Waals surface area contributed by atoms with E-state index in [0.29, 0.717) is 18.4 Å². The van der Waals surface area contributed by atoms with Crippen molar-refractivity contribution in [3.8, 4) is 0 Å². The average Bonchev–Trinajstić information content (AvgIpc) is 3.02. The minimum atomic E-state index is 0. The van der Waals surface area contributed by atoms with Crippen LogP contribution >= 0.6 is 24.8 Å². The van der Waals surface area contributed by atoms with Crippen molar-refractivity contribution >= 4 is 30.7 Å². The van der Waals surface area contributed by atoms with Gasteiger partial charge in [0, 0.05) is 45.2 Å². The normalized spacial score (nSPS) is 26.4. The molecule has 0 spiro atoms. The molecule has 2 saturated heterocycles. The van der Waals surface area contributed by atoms with Crippen molar-refractivity contribution < 1.29 is 4.79 Å². The van der Waals surface area contributed by atoms with Gasteiger partial charge in [-0.25, -0.2) is 0 Å². The molecule has 1 saturated carbocycles. The van der Waals surface area contributed by atoms with Gasteiger partial charge in [-0.15, -0.1) is 24.8 Å². The van der Waals surface area contributed by atoms with E-state index < -0.39 is 0 Å². The molecule has 1 aliphatic carbocycles. The first-order valence-electron chi connectivity index (χ1n) is 9.05. The molecule has 0 aromatic heterocycles. The highest BCUT2D eigenvalue weighted by molar-refractivity contribution is 5.85. The lowest BCUT2D eigenvalue weighted by Crippen LogP contribution is -2.50. The summed E-state index contributed by atoms with van der Waals surface area (Å²) in [5, 5.41) is 3.43. The number of carbonyl (C=O) groups excluding carboxylic acids is 1. The Labute approximate surface area is 153 Å². The predicted octanol–water partition coefficient (Wildman–Crippen LogP) is 2.70. The minimum Gasteiger partial charge on any atom is -0.340 e. The zero-order chi connectivity index (χ0) is 14.5. The Morgan fingerprint density at radius 1 is 0.913 bits per heavy atom. The van der Waals surface area contributed by atoms with E-state index in [1.807, 2.05) is 0 Å². The van der Waals surface area contributed by atoms with Crippen molar-refractivity contribution in [1.29, 1.82) is 0 Å². The molecule has 3 fully saturated rings. The van der Waals surface area contributed by atoms with E-state index in [0.717, 1.165) is 38.6 Å². The van der Waals surface area contributed by atoms with Crippen molar-refractivity contribution in [2.45, 2.75) is 57.4 Å². The van der Waals surface area contributed by atoms with Crippen LogP contribution in [0.1, 0.15) is 51.4 Å². The molecule has 0 radical (unpaired) electrons. The summed E-state index contributed by atoms with van der Waals surface area (Å²) < 4.78 is 0. The summed E-state index contributed by atoms with van der Waals surface area (Å²) in [6.45, 7) is 6.41. The van der Waals surface area contributed by atoms with Crippen LogP contribution in [0.4, 0.5) is 0 Å². The maximum absolute atomic E-state index is 12.3. The number of nitrogens with one attached hydrogen (secondary N) is 1. The van der Waals surface area contributed by atoms with Crippen LogP contribution in [0, 0.1) is 5.92 Å². The Bertz CT molecular complexity index is 337. The number of piperazine rings is 1. The number of rotatable bonds is 4. The Kier molecular flexibility index (Phi) is 9.83. The first kappa shape index (κ1) is 21.0. The number of nitrogens with zero attached hydrogens (tertiary/aromatic N) is 2. The van der Waals surface area contributed by atoms with Gasteiger partial charge in [-0.05, 0) is 38.1 Å². The van der Waals surface area contributed by atoms with E-state index in [9.17, 15) is 4.79 Å². The zero-order valence-corrected chi connectivity index (χ0v) is 15.8. The van der Waals surface area contributed by atoms with Crippen LogP contribution in [0.3, 0.4) is 0 Å². The molecule has 1 atom stereocenters. The fourth-order valence-electron chi connectivity index (χ4n) is 4.19. The van der Waals surface area contributed by atoms with Crippen LogP contribution in [0.25, 0.3) is 0 Å². The second-order valence-electron chi connectivity index (χ2n) is 7.18. The molecular weight excluding hydrogens is 333 g/mol. The van der Waals surface area contributed by atoms with Gasteiger partial charge in [-0.1, -0.05) is 19.3 Å². The molecule has 1 unspecified atom stereocenters. The lowest BCUT2D eigenvalue weighted by Gasteiger charge is -2.37. The van der Waals surface area contributed by atoms with Crippen LogP contribution in [-0.4, -0.2) is 61.0 Å². The van der Waals surface area contributed by atoms with E-state index in [1.54, 1.807) is 0 Å². The third kappa shape index (κ3) is 6.41. The molecule has 0 aromatic rings. The third-order valence-electron chi connectivity index (χ3n) is 5.55. The quantitative estimate of drug-likeness (QED) is 0.831. The molecule has 2 aliphatic heterocycles. The fourth-order valence-corrected chi connectivity index (χ4v) is 4.19. The summed E-state index contributed by atoms with van der Waals surface area (Å²) in [6, 6.07) is 0.442. The summed E-state index contributed by atoms with van der Waals surface area (Å²) in [5.74, 6) is 1.29. The first-order chi connectivity index (χ1) is 10.3. The van der Waals surface area contributed by atoms with E-state index >= 15 is 0 Å². The van der Waals surface area contributed by atoms with E-state index in [2.05, 4.69) is 15.1 Å². The van der Waals surface area contributed by atoms with Crippen LogP contribution in [0.5, 0.6) is 0 Å². The standard InChI is InChI=1S/C17H31N3O.2ClH/c21-17(13-16-7-4-8-18-16)20-11-9-19(10-12-20)14-15-5-2-1-3-6-15;;/h15-16,18H,1-14H2;2*1H. The maximum atomic E-state index is 12.3. The van der Waals surface area contributed by atoms with Gasteiger partial charge in [0.1, 0.15) is 0 Å². The van der Waals surface area contributed by atoms with Gasteiger partial charge in [0.15, 0.2) is 0 Å². The smallest absolute Gasteiger partial charge is 0.224 e. The molecule has 136 valence electrons. The molecule has 0 aromatic carbocycles. The van der Waals surface area contributed by atoms with Gasteiger partial charge in [-0.3, -0.25) is 9.69 Å². The highest BCUT2D eigenvalue weighted by Crippen LogP contribution is 2.24. The molecule has 3 aliphatic rings. The van der Waals surface area contributed by atoms with Gasteiger partial charge in [0.2, 0.25) is 5.91 Å². The molecule has 0 bridgehead atoms. The molecule has 3 rings (SSSR count). The Hall–Kier alpha value is -0.0300. The number of halogens is 2. The molecule has 23 heavy (non-hydrogen) atoms. The maximum Gasteiger partial charge on any atom is 0.224 e. The molecule has 4 nitrogen and oxygen atoms in total. The molecule has 1 N–H and O–H groups in total. The fraction of sp³-hybridized carbons (Fsp3) is 0.941. The molecule has 6 heteroatoms. The SMILES string of the molecule is Cl.Cl.O=C(CC1CCCN1)N1CCN(CC2CCCCC2)CC1. The first-order valence-corrected chi connectivity index (χ1v) is 9.05. The second-order valence-corrected chi connectivity index (χ2v) is 7.18. The third-order valence-corrected chi connectivity index (χ3v) is 5.55. The van der Waals surface area contributed by atoms with E-state index in [1.165, 1.54) is 51.5 Å². The number of amides is 1. The lowest BCUT2D eigenvalue weighted by atomic mass is 9.89. The summed E-state index contributed by atoms with van der Waals surface area (Å²) in [4.78, 5) is 17.0. The van der Waals surface area contributed by atoms with Crippen molar-refractivity contribution in [2.75, 3.05) is 39.3 Å². The van der Waals surface area contributed by atoms with Gasteiger partial charge in [0.25, 0.3) is 0 Å². The van der Waals surface area contributed by atoms with Crippen molar-refractivity contribution in [3.05, 3.63) is 0 Å². The second kappa shape index (κ2) is 10.8. The van der Waals surface area contributed by atoms with Crippen LogP contribution in [0.15, 0.2) is 0 Å². The van der Waals surface area contributed by atoms with Crippen LogP contribution < -0.4 is 5.32 Å². The summed E-state index contributed by atoms with van der Waals surface area (Å²) in [6.07, 6.45) is 10.3. The van der Waals surface area contributed by atoms with Gasteiger partial charge in [0.05, 0.1) is 0 Å². The monoisotopic (exact) mass is 365 g/mol. The molecule has 2 heterocycles.